The van der Waals surface area contributed by atoms with Gasteiger partial charge in [0.1, 0.15) is 27.8 Å². The van der Waals surface area contributed by atoms with Crippen LogP contribution in [0.15, 0.2) is 56.4 Å². The Balaban J connectivity index is 1.69. The van der Waals surface area contributed by atoms with Gasteiger partial charge in [-0.25, -0.2) is 18.9 Å². The topological polar surface area (TPSA) is 235 Å². The number of anilines is 2. The Morgan fingerprint density at radius 1 is 0.935 bits per heavy atom. The number of azo groups is 1. The van der Waals surface area contributed by atoms with Crippen LogP contribution in [0.4, 0.5) is 23.0 Å². The quantitative estimate of drug-likeness (QED) is 0.0319. The minimum Gasteiger partial charge on any atom is -0.505 e. The molecule has 0 saturated carbocycles. The number of benzene rings is 3. The number of nitrogens with one attached hydrogen (secondary N) is 1. The second kappa shape index (κ2) is 16.5. The molecule has 246 valence electrons. The minimum absolute atomic E-state index is 0.00545. The summed E-state index contributed by atoms with van der Waals surface area (Å²) in [4.78, 5) is 11.5. The van der Waals surface area contributed by atoms with Crippen LogP contribution in [-0.4, -0.2) is 65.6 Å². The molecule has 1 aromatic heterocycles. The average molecular weight is 740 g/mol. The van der Waals surface area contributed by atoms with Crippen molar-refractivity contribution in [2.24, 2.45) is 10.2 Å². The minimum atomic E-state index is -3.98. The molecule has 3 aromatic carbocycles. The van der Waals surface area contributed by atoms with Gasteiger partial charge < -0.3 is 19.9 Å². The SMILES string of the molecule is COc1cc(S(=O)(=O)CCOSOOO)c(OC)cc1N=Nc1c(SOOO)cc2cc(Nc3nc(Cl)nc(Cl)n3)ccc2c1O. The maximum atomic E-state index is 13.0. The Kier molecular flexibility index (Phi) is 12.7. The highest BCUT2D eigenvalue weighted by Crippen LogP contribution is 2.46. The van der Waals surface area contributed by atoms with Crippen LogP contribution in [0.25, 0.3) is 10.8 Å². The van der Waals surface area contributed by atoms with Gasteiger partial charge in [-0.05, 0) is 52.9 Å². The van der Waals surface area contributed by atoms with Gasteiger partial charge in [0.25, 0.3) is 0 Å². The van der Waals surface area contributed by atoms with E-state index in [1.165, 1.54) is 26.4 Å². The van der Waals surface area contributed by atoms with Gasteiger partial charge in [-0.2, -0.15) is 15.0 Å². The highest BCUT2D eigenvalue weighted by atomic mass is 35.5. The summed E-state index contributed by atoms with van der Waals surface area (Å²) in [6.45, 7) is -0.331. The fourth-order valence-electron chi connectivity index (χ4n) is 3.75. The van der Waals surface area contributed by atoms with Crippen molar-refractivity contribution in [2.75, 3.05) is 31.9 Å². The summed E-state index contributed by atoms with van der Waals surface area (Å²) in [7, 11) is -1.44. The molecular weight excluding hydrogens is 719 g/mol. The zero-order chi connectivity index (χ0) is 33.3. The number of nitrogens with zero attached hydrogens (tertiary/aromatic N) is 5. The molecule has 0 fully saturated rings. The van der Waals surface area contributed by atoms with Gasteiger partial charge in [0.15, 0.2) is 27.9 Å². The van der Waals surface area contributed by atoms with E-state index in [4.69, 9.17) is 47.4 Å². The Morgan fingerprint density at radius 3 is 2.33 bits per heavy atom. The summed E-state index contributed by atoms with van der Waals surface area (Å²) in [5.74, 6) is -0.853. The van der Waals surface area contributed by atoms with E-state index in [0.717, 1.165) is 0 Å². The lowest BCUT2D eigenvalue weighted by molar-refractivity contribution is -0.434. The Hall–Kier alpha value is -3.32. The predicted molar refractivity (Wildman–Crippen MR) is 164 cm³/mol. The molecule has 0 aliphatic heterocycles. The van der Waals surface area contributed by atoms with Crippen LogP contribution in [0.1, 0.15) is 0 Å². The summed E-state index contributed by atoms with van der Waals surface area (Å²) in [5, 5.41) is 46.9. The van der Waals surface area contributed by atoms with Crippen molar-refractivity contribution in [1.82, 2.24) is 15.0 Å². The first-order chi connectivity index (χ1) is 22.1. The number of hydrogen-bond acceptors (Lipinski definition) is 20. The zero-order valence-electron chi connectivity index (χ0n) is 23.1. The van der Waals surface area contributed by atoms with E-state index in [2.05, 4.69) is 49.2 Å². The van der Waals surface area contributed by atoms with Crippen LogP contribution < -0.4 is 14.8 Å². The first-order valence-electron chi connectivity index (χ1n) is 12.1. The number of phenolic OH excluding ortho intramolecular Hbond substituents is 1. The summed E-state index contributed by atoms with van der Waals surface area (Å²) in [5.41, 5.74) is 0.412. The van der Waals surface area contributed by atoms with Crippen molar-refractivity contribution < 1.29 is 56.4 Å². The van der Waals surface area contributed by atoms with Crippen molar-refractivity contribution in [3.05, 3.63) is 47.0 Å². The summed E-state index contributed by atoms with van der Waals surface area (Å²) in [6.07, 6.45) is 0. The lowest BCUT2D eigenvalue weighted by Gasteiger charge is -2.13. The molecule has 1 heterocycles. The molecule has 0 aliphatic carbocycles. The maximum Gasteiger partial charge on any atom is 0.232 e. The lowest BCUT2D eigenvalue weighted by Crippen LogP contribution is -2.12. The van der Waals surface area contributed by atoms with Crippen LogP contribution in [-0.2, 0) is 32.8 Å². The first kappa shape index (κ1) is 35.5. The number of aromatic hydroxyl groups is 1. The Labute approximate surface area is 277 Å². The fraction of sp³-hybridized carbons (Fsp3) is 0.174. The molecule has 0 atom stereocenters. The second-order valence-corrected chi connectivity index (χ2v) is 12.3. The standard InChI is InChI=1S/C23H20Cl2N6O12S3/c1-37-15-10-18(46(35,36)6-5-39-45-43-41-34)16(38-2)9-14(15)30-31-19-17(44-42-40-33)8-11-7-12(3-4-13(11)20(19)32)26-23-28-21(24)27-22(25)29-23/h3-4,7-10,32-34H,5-6H2,1-2H3,(H,26,27,28,29). The second-order valence-electron chi connectivity index (χ2n) is 8.28. The fourth-order valence-corrected chi connectivity index (χ4v) is 6.19. The number of sulfone groups is 1. The molecule has 0 spiro atoms. The van der Waals surface area contributed by atoms with Gasteiger partial charge in [-0.1, -0.05) is 10.1 Å². The van der Waals surface area contributed by atoms with E-state index in [1.54, 1.807) is 24.3 Å². The van der Waals surface area contributed by atoms with Crippen molar-refractivity contribution in [3.63, 3.8) is 0 Å². The summed E-state index contributed by atoms with van der Waals surface area (Å²) >= 11 is 12.4. The highest BCUT2D eigenvalue weighted by Gasteiger charge is 2.24. The molecule has 0 saturated heterocycles. The number of ether oxygens (including phenoxy) is 2. The Morgan fingerprint density at radius 2 is 1.65 bits per heavy atom. The summed E-state index contributed by atoms with van der Waals surface area (Å²) < 4.78 is 50.0. The van der Waals surface area contributed by atoms with E-state index in [-0.39, 0.29) is 73.9 Å². The largest absolute Gasteiger partial charge is 0.505 e. The van der Waals surface area contributed by atoms with Crippen LogP contribution in [0, 0.1) is 0 Å². The smallest absolute Gasteiger partial charge is 0.232 e. The third-order valence-electron chi connectivity index (χ3n) is 5.64. The van der Waals surface area contributed by atoms with E-state index in [1.807, 2.05) is 0 Å². The van der Waals surface area contributed by atoms with Gasteiger partial charge in [0.05, 0.1) is 43.5 Å². The zero-order valence-corrected chi connectivity index (χ0v) is 27.1. The van der Waals surface area contributed by atoms with Gasteiger partial charge >= 0.3 is 0 Å². The number of methoxy groups -OCH3 is 2. The first-order valence-corrected chi connectivity index (χ1v) is 15.9. The number of aromatic nitrogens is 3. The lowest BCUT2D eigenvalue weighted by atomic mass is 10.1. The summed E-state index contributed by atoms with van der Waals surface area (Å²) in [6, 6.07) is 8.82. The van der Waals surface area contributed by atoms with E-state index in [0.29, 0.717) is 28.5 Å². The Bertz CT molecular complexity index is 1820. The average Bonchev–Trinajstić information content (AvgIpc) is 3.02. The van der Waals surface area contributed by atoms with Crippen LogP contribution in [0.2, 0.25) is 10.6 Å². The predicted octanol–water partition coefficient (Wildman–Crippen LogP) is 6.42. The van der Waals surface area contributed by atoms with E-state index < -0.39 is 15.6 Å². The van der Waals surface area contributed by atoms with Crippen LogP contribution in [0.3, 0.4) is 0 Å². The maximum absolute atomic E-state index is 13.0. The molecule has 4 aromatic rings. The third kappa shape index (κ3) is 8.93. The molecule has 23 heteroatoms. The monoisotopic (exact) mass is 738 g/mol. The molecule has 46 heavy (non-hydrogen) atoms. The molecular formula is C23H20Cl2N6O12S3. The molecule has 18 nitrogen and oxygen atoms in total. The van der Waals surface area contributed by atoms with E-state index >= 15 is 0 Å². The molecule has 0 bridgehead atoms. The highest BCUT2D eigenvalue weighted by molar-refractivity contribution is 7.94. The van der Waals surface area contributed by atoms with Gasteiger partial charge in [0, 0.05) is 23.2 Å². The number of hydrogen-bond donors (Lipinski definition) is 4. The van der Waals surface area contributed by atoms with Gasteiger partial charge in [-0.15, -0.1) is 18.9 Å². The van der Waals surface area contributed by atoms with Crippen molar-refractivity contribution >= 4 is 91.2 Å². The molecule has 4 rings (SSSR count). The number of halogens is 2. The molecule has 0 unspecified atom stereocenters. The number of phenols is 1. The van der Waals surface area contributed by atoms with Gasteiger partial charge in [0.2, 0.25) is 16.5 Å². The van der Waals surface area contributed by atoms with Crippen LogP contribution in [0.5, 0.6) is 17.2 Å². The third-order valence-corrected chi connectivity index (χ3v) is 8.67. The van der Waals surface area contributed by atoms with Crippen molar-refractivity contribution in [3.8, 4) is 17.2 Å². The van der Waals surface area contributed by atoms with Crippen LogP contribution >= 0.6 is 47.6 Å². The molecule has 0 aliphatic rings. The molecule has 4 N–H and O–H groups in total. The van der Waals surface area contributed by atoms with Crippen molar-refractivity contribution in [2.45, 2.75) is 9.79 Å². The number of rotatable bonds is 16. The normalized spacial score (nSPS) is 11.8. The number of fused-ring (bicyclic) bond motifs is 1. The molecule has 0 radical (unpaired) electrons. The van der Waals surface area contributed by atoms with Gasteiger partial charge in [-0.3, -0.25) is 4.18 Å². The van der Waals surface area contributed by atoms with E-state index in [9.17, 15) is 13.5 Å². The molecule has 0 amide bonds. The van der Waals surface area contributed by atoms with Crippen molar-refractivity contribution in [1.29, 1.82) is 0 Å².